The van der Waals surface area contributed by atoms with Gasteiger partial charge in [-0.3, -0.25) is 0 Å². The number of nitrogens with zero attached hydrogens (tertiary/aromatic N) is 2. The van der Waals surface area contributed by atoms with Gasteiger partial charge in [0.1, 0.15) is 0 Å². The quantitative estimate of drug-likeness (QED) is 0.380. The average Bonchev–Trinajstić information content (AvgIpc) is 3.19. The van der Waals surface area contributed by atoms with Crippen LogP contribution in [-0.2, 0) is 0 Å². The number of halogens is 1. The summed E-state index contributed by atoms with van der Waals surface area (Å²) in [4.78, 5) is 2.36. The van der Waals surface area contributed by atoms with E-state index in [1.807, 2.05) is 18.2 Å². The van der Waals surface area contributed by atoms with E-state index in [-0.39, 0.29) is 5.84 Å². The molecule has 98 valence electrons. The zero-order chi connectivity index (χ0) is 13.1. The molecule has 0 saturated heterocycles. The molecular formula is C13H18BrN3O. The van der Waals surface area contributed by atoms with Gasteiger partial charge in [-0.1, -0.05) is 28.0 Å². The van der Waals surface area contributed by atoms with Crippen LogP contribution >= 0.6 is 15.9 Å². The SMILES string of the molecule is CCCN(c1ccc(Br)cc1/C(N)=N/O)C1CC1. The summed E-state index contributed by atoms with van der Waals surface area (Å²) in [5.41, 5.74) is 7.61. The molecule has 5 heteroatoms. The molecule has 0 spiro atoms. The van der Waals surface area contributed by atoms with E-state index in [0.717, 1.165) is 28.7 Å². The molecule has 0 amide bonds. The molecule has 0 unspecified atom stereocenters. The predicted molar refractivity (Wildman–Crippen MR) is 77.3 cm³/mol. The van der Waals surface area contributed by atoms with Crippen molar-refractivity contribution in [2.24, 2.45) is 10.9 Å². The lowest BCUT2D eigenvalue weighted by Gasteiger charge is -2.26. The zero-order valence-electron chi connectivity index (χ0n) is 10.4. The number of benzene rings is 1. The standard InChI is InChI=1S/C13H18BrN3O/c1-2-7-17(10-4-5-10)12-6-3-9(14)8-11(12)13(15)16-18/h3,6,8,10,18H,2,4-5,7H2,1H3,(H2,15,16). The third-order valence-electron chi connectivity index (χ3n) is 3.10. The Morgan fingerprint density at radius 2 is 2.28 bits per heavy atom. The smallest absolute Gasteiger partial charge is 0.172 e. The Labute approximate surface area is 116 Å². The van der Waals surface area contributed by atoms with Crippen LogP contribution in [-0.4, -0.2) is 23.6 Å². The van der Waals surface area contributed by atoms with Gasteiger partial charge in [-0.2, -0.15) is 0 Å². The first kappa shape index (κ1) is 13.2. The highest BCUT2D eigenvalue weighted by molar-refractivity contribution is 9.10. The van der Waals surface area contributed by atoms with Gasteiger partial charge < -0.3 is 15.8 Å². The van der Waals surface area contributed by atoms with E-state index in [4.69, 9.17) is 10.9 Å². The van der Waals surface area contributed by atoms with Crippen molar-refractivity contribution in [3.8, 4) is 0 Å². The minimum absolute atomic E-state index is 0.160. The first-order chi connectivity index (χ1) is 8.67. The lowest BCUT2D eigenvalue weighted by Crippen LogP contribution is -2.29. The minimum Gasteiger partial charge on any atom is -0.409 e. The Morgan fingerprint density at radius 3 is 2.83 bits per heavy atom. The first-order valence-corrected chi connectivity index (χ1v) is 7.00. The van der Waals surface area contributed by atoms with Crippen LogP contribution in [0, 0.1) is 0 Å². The first-order valence-electron chi connectivity index (χ1n) is 6.21. The Morgan fingerprint density at radius 1 is 1.56 bits per heavy atom. The number of amidine groups is 1. The fourth-order valence-electron chi connectivity index (χ4n) is 2.14. The van der Waals surface area contributed by atoms with Gasteiger partial charge in [-0.05, 0) is 37.5 Å². The molecule has 0 bridgehead atoms. The molecule has 1 fully saturated rings. The van der Waals surface area contributed by atoms with Crippen LogP contribution in [0.5, 0.6) is 0 Å². The summed E-state index contributed by atoms with van der Waals surface area (Å²) in [6.07, 6.45) is 3.54. The van der Waals surface area contributed by atoms with E-state index in [0.29, 0.717) is 6.04 Å². The van der Waals surface area contributed by atoms with Crippen molar-refractivity contribution >= 4 is 27.5 Å². The second kappa shape index (κ2) is 5.61. The molecule has 0 aliphatic heterocycles. The lowest BCUT2D eigenvalue weighted by molar-refractivity contribution is 0.318. The maximum Gasteiger partial charge on any atom is 0.172 e. The Hall–Kier alpha value is -1.23. The Kier molecular flexibility index (Phi) is 4.11. The van der Waals surface area contributed by atoms with E-state index in [1.54, 1.807) is 0 Å². The third-order valence-corrected chi connectivity index (χ3v) is 3.60. The number of nitrogens with two attached hydrogens (primary N) is 1. The second-order valence-corrected chi connectivity index (χ2v) is 5.49. The highest BCUT2D eigenvalue weighted by atomic mass is 79.9. The Balaban J connectivity index is 2.41. The molecular weight excluding hydrogens is 294 g/mol. The highest BCUT2D eigenvalue weighted by Crippen LogP contribution is 2.34. The predicted octanol–water partition coefficient (Wildman–Crippen LogP) is 2.92. The van der Waals surface area contributed by atoms with E-state index < -0.39 is 0 Å². The van der Waals surface area contributed by atoms with Gasteiger partial charge in [0.2, 0.25) is 0 Å². The van der Waals surface area contributed by atoms with Crippen LogP contribution in [0.15, 0.2) is 27.8 Å². The maximum absolute atomic E-state index is 8.90. The van der Waals surface area contributed by atoms with E-state index in [1.165, 1.54) is 12.8 Å². The third kappa shape index (κ3) is 2.77. The largest absolute Gasteiger partial charge is 0.409 e. The Bertz CT molecular complexity index is 458. The number of hydrogen-bond donors (Lipinski definition) is 2. The average molecular weight is 312 g/mol. The van der Waals surface area contributed by atoms with Crippen molar-refractivity contribution in [2.45, 2.75) is 32.2 Å². The van der Waals surface area contributed by atoms with Crippen LogP contribution in [0.3, 0.4) is 0 Å². The van der Waals surface area contributed by atoms with Gasteiger partial charge in [0, 0.05) is 28.3 Å². The molecule has 18 heavy (non-hydrogen) atoms. The molecule has 0 atom stereocenters. The van der Waals surface area contributed by atoms with Crippen molar-refractivity contribution in [1.82, 2.24) is 0 Å². The van der Waals surface area contributed by atoms with Crippen molar-refractivity contribution in [2.75, 3.05) is 11.4 Å². The van der Waals surface area contributed by atoms with Gasteiger partial charge in [-0.15, -0.1) is 0 Å². The maximum atomic E-state index is 8.90. The van der Waals surface area contributed by atoms with Crippen LogP contribution in [0.1, 0.15) is 31.7 Å². The van der Waals surface area contributed by atoms with Gasteiger partial charge in [0.15, 0.2) is 5.84 Å². The van der Waals surface area contributed by atoms with Gasteiger partial charge in [0.05, 0.1) is 0 Å². The van der Waals surface area contributed by atoms with Gasteiger partial charge in [0.25, 0.3) is 0 Å². The summed E-state index contributed by atoms with van der Waals surface area (Å²) in [6.45, 7) is 3.16. The van der Waals surface area contributed by atoms with Crippen LogP contribution in [0.4, 0.5) is 5.69 Å². The molecule has 1 aromatic carbocycles. The molecule has 0 radical (unpaired) electrons. The summed E-state index contributed by atoms with van der Waals surface area (Å²) in [5, 5.41) is 12.0. The van der Waals surface area contributed by atoms with Crippen molar-refractivity contribution < 1.29 is 5.21 Å². The van der Waals surface area contributed by atoms with Crippen molar-refractivity contribution in [1.29, 1.82) is 0 Å². The minimum atomic E-state index is 0.160. The number of rotatable bonds is 5. The van der Waals surface area contributed by atoms with E-state index in [9.17, 15) is 0 Å². The fraction of sp³-hybridized carbons (Fsp3) is 0.462. The summed E-state index contributed by atoms with van der Waals surface area (Å²) in [5.74, 6) is 0.160. The summed E-state index contributed by atoms with van der Waals surface area (Å²) < 4.78 is 0.931. The van der Waals surface area contributed by atoms with Crippen LogP contribution in [0.2, 0.25) is 0 Å². The zero-order valence-corrected chi connectivity index (χ0v) is 12.0. The monoisotopic (exact) mass is 311 g/mol. The molecule has 3 N–H and O–H groups in total. The number of hydrogen-bond acceptors (Lipinski definition) is 3. The summed E-state index contributed by atoms with van der Waals surface area (Å²) in [6, 6.07) is 6.53. The lowest BCUT2D eigenvalue weighted by atomic mass is 10.1. The topological polar surface area (TPSA) is 61.8 Å². The molecule has 1 aromatic rings. The molecule has 0 aromatic heterocycles. The molecule has 1 saturated carbocycles. The molecule has 4 nitrogen and oxygen atoms in total. The molecule has 1 aliphatic carbocycles. The number of anilines is 1. The normalized spacial score (nSPS) is 15.8. The van der Waals surface area contributed by atoms with Crippen molar-refractivity contribution in [3.63, 3.8) is 0 Å². The second-order valence-electron chi connectivity index (χ2n) is 4.57. The van der Waals surface area contributed by atoms with Gasteiger partial charge in [-0.25, -0.2) is 0 Å². The summed E-state index contributed by atoms with van der Waals surface area (Å²) in [7, 11) is 0. The van der Waals surface area contributed by atoms with Crippen molar-refractivity contribution in [3.05, 3.63) is 28.2 Å². The highest BCUT2D eigenvalue weighted by Gasteiger charge is 2.30. The van der Waals surface area contributed by atoms with E-state index >= 15 is 0 Å². The fourth-order valence-corrected chi connectivity index (χ4v) is 2.51. The molecule has 1 aliphatic rings. The molecule has 0 heterocycles. The summed E-state index contributed by atoms with van der Waals surface area (Å²) >= 11 is 3.42. The van der Waals surface area contributed by atoms with Gasteiger partial charge >= 0.3 is 0 Å². The van der Waals surface area contributed by atoms with E-state index in [2.05, 4.69) is 32.9 Å². The van der Waals surface area contributed by atoms with Crippen LogP contribution < -0.4 is 10.6 Å². The van der Waals surface area contributed by atoms with Crippen LogP contribution in [0.25, 0.3) is 0 Å². The molecule has 2 rings (SSSR count). The number of oxime groups is 1.